The molecular formula is C72H78O15. The van der Waals surface area contributed by atoms with Crippen LogP contribution in [0.3, 0.4) is 0 Å². The summed E-state index contributed by atoms with van der Waals surface area (Å²) in [5.41, 5.74) is 5.14. The fourth-order valence-corrected chi connectivity index (χ4v) is 10.6. The molecule has 15 heteroatoms. The molecule has 0 aromatic heterocycles. The highest BCUT2D eigenvalue weighted by Crippen LogP contribution is 2.36. The second-order valence-electron chi connectivity index (χ2n) is 21.7. The molecule has 0 bridgehead atoms. The second-order valence-corrected chi connectivity index (χ2v) is 21.7. The fraction of sp³-hybridized carbons (Fsp3) is 0.361. The Bertz CT molecular complexity index is 3140. The number of aryl methyl sites for hydroxylation is 1. The van der Waals surface area contributed by atoms with Gasteiger partial charge in [0.1, 0.15) is 24.4 Å². The summed E-state index contributed by atoms with van der Waals surface area (Å²) in [6.07, 6.45) is -2.90. The smallest absolute Gasteiger partial charge is 0.339 e. The molecule has 10 atom stereocenters. The van der Waals surface area contributed by atoms with Gasteiger partial charge in [-0.25, -0.2) is 19.2 Å². The standard InChI is InChI=1S/C72H78O15/c1-3-4-5-6-7-8-9-16-29-51-42-44-55(45-43-51)49-81-71-65(80-48-54-34-21-12-22-35-54)61(79-47-53-32-19-11-20-33-53)60(78-46-52-30-17-10-18-31-52)59(83-71)50-82-72-66(86-69(75)58-40-27-15-28-41-58)63(85-68(74)57-38-25-14-26-39-57)62(64(87-72)70(76)77-2)84-67(73)56-36-23-13-24-37-56/h10-15,17-28,30-45,59-66,71-72H,3-9,16,29,46-50H2,1-2H3/t59-,60-,61+,62-,63+,64+,65-,66-,71-,72-/m1/s1. The molecule has 0 aliphatic carbocycles. The van der Waals surface area contributed by atoms with E-state index < -0.39 is 91.9 Å². The van der Waals surface area contributed by atoms with E-state index in [-0.39, 0.29) is 43.1 Å². The Morgan fingerprint density at radius 2 is 0.736 bits per heavy atom. The van der Waals surface area contributed by atoms with Crippen molar-refractivity contribution in [3.63, 3.8) is 0 Å². The number of methoxy groups -OCH3 is 1. The molecule has 7 aromatic carbocycles. The highest BCUT2D eigenvalue weighted by molar-refractivity contribution is 5.91. The molecule has 15 nitrogen and oxygen atoms in total. The van der Waals surface area contributed by atoms with Crippen molar-refractivity contribution in [3.05, 3.63) is 251 Å². The van der Waals surface area contributed by atoms with E-state index in [2.05, 4.69) is 31.2 Å². The Morgan fingerprint density at radius 1 is 0.356 bits per heavy atom. The van der Waals surface area contributed by atoms with Crippen molar-refractivity contribution in [2.75, 3.05) is 13.7 Å². The van der Waals surface area contributed by atoms with Crippen LogP contribution < -0.4 is 0 Å². The van der Waals surface area contributed by atoms with Crippen LogP contribution >= 0.6 is 0 Å². The second kappa shape index (κ2) is 33.9. The van der Waals surface area contributed by atoms with Crippen molar-refractivity contribution < 1.29 is 71.3 Å². The zero-order chi connectivity index (χ0) is 60.4. The van der Waals surface area contributed by atoms with Gasteiger partial charge < -0.3 is 52.1 Å². The number of carbonyl (C=O) groups excluding carboxylic acids is 4. The van der Waals surface area contributed by atoms with Gasteiger partial charge in [0.05, 0.1) is 56.8 Å². The van der Waals surface area contributed by atoms with E-state index in [1.54, 1.807) is 66.7 Å². The van der Waals surface area contributed by atoms with Crippen molar-refractivity contribution in [2.45, 2.75) is 153 Å². The molecule has 0 spiro atoms. The van der Waals surface area contributed by atoms with Gasteiger partial charge >= 0.3 is 23.9 Å². The lowest BCUT2D eigenvalue weighted by molar-refractivity contribution is -0.343. The molecule has 2 saturated heterocycles. The van der Waals surface area contributed by atoms with Gasteiger partial charge in [-0.3, -0.25) is 0 Å². The Morgan fingerprint density at radius 3 is 1.22 bits per heavy atom. The van der Waals surface area contributed by atoms with E-state index in [4.69, 9.17) is 52.1 Å². The molecule has 9 rings (SSSR count). The van der Waals surface area contributed by atoms with Crippen molar-refractivity contribution >= 4 is 23.9 Å². The van der Waals surface area contributed by atoms with Crippen LogP contribution in [-0.2, 0) is 89.7 Å². The van der Waals surface area contributed by atoms with Crippen LogP contribution in [0.1, 0.15) is 117 Å². The van der Waals surface area contributed by atoms with Crippen LogP contribution in [0, 0.1) is 0 Å². The average molecular weight is 1180 g/mol. The highest BCUT2D eigenvalue weighted by atomic mass is 16.8. The quantitative estimate of drug-likeness (QED) is 0.0228. The van der Waals surface area contributed by atoms with E-state index in [0.717, 1.165) is 42.2 Å². The summed E-state index contributed by atoms with van der Waals surface area (Å²) in [7, 11) is 1.13. The average Bonchev–Trinajstić information content (AvgIpc) is 3.71. The predicted octanol–water partition coefficient (Wildman–Crippen LogP) is 13.0. The highest BCUT2D eigenvalue weighted by Gasteiger charge is 2.57. The first-order chi connectivity index (χ1) is 42.7. The van der Waals surface area contributed by atoms with Gasteiger partial charge in [0, 0.05) is 0 Å². The summed E-state index contributed by atoms with van der Waals surface area (Å²) < 4.78 is 72.1. The normalized spacial score (nSPS) is 21.7. The lowest BCUT2D eigenvalue weighted by Gasteiger charge is -2.47. The molecule has 0 saturated carbocycles. The molecule has 0 radical (unpaired) electrons. The number of rotatable bonds is 31. The molecule has 2 heterocycles. The number of hydrogen-bond donors (Lipinski definition) is 0. The van der Waals surface area contributed by atoms with E-state index in [1.165, 1.54) is 74.8 Å². The van der Waals surface area contributed by atoms with Gasteiger partial charge in [0.2, 0.25) is 0 Å². The number of ether oxygens (including phenoxy) is 11. The Kier molecular flexibility index (Phi) is 24.8. The van der Waals surface area contributed by atoms with Gasteiger partial charge in [-0.05, 0) is 77.1 Å². The summed E-state index contributed by atoms with van der Waals surface area (Å²) in [6, 6.07) is 61.8. The fourth-order valence-electron chi connectivity index (χ4n) is 10.6. The number of esters is 4. The minimum absolute atomic E-state index is 0.104. The molecule has 456 valence electrons. The van der Waals surface area contributed by atoms with Crippen molar-refractivity contribution in [2.24, 2.45) is 0 Å². The maximum Gasteiger partial charge on any atom is 0.339 e. The lowest BCUT2D eigenvalue weighted by Crippen LogP contribution is -2.65. The topological polar surface area (TPSA) is 170 Å². The molecule has 0 unspecified atom stereocenters. The molecular weight excluding hydrogens is 1100 g/mol. The van der Waals surface area contributed by atoms with Crippen molar-refractivity contribution in [1.29, 1.82) is 0 Å². The Hall–Kier alpha value is -7.86. The summed E-state index contributed by atoms with van der Waals surface area (Å²) in [5.74, 6) is -3.67. The summed E-state index contributed by atoms with van der Waals surface area (Å²) in [6.45, 7) is 2.37. The van der Waals surface area contributed by atoms with E-state index in [9.17, 15) is 19.2 Å². The predicted molar refractivity (Wildman–Crippen MR) is 325 cm³/mol. The van der Waals surface area contributed by atoms with Crippen LogP contribution in [0.4, 0.5) is 0 Å². The molecule has 2 aliphatic rings. The molecule has 2 aliphatic heterocycles. The largest absolute Gasteiger partial charge is 0.467 e. The Balaban J connectivity index is 1.07. The monoisotopic (exact) mass is 1180 g/mol. The van der Waals surface area contributed by atoms with Crippen LogP contribution in [0.25, 0.3) is 0 Å². The van der Waals surface area contributed by atoms with Gasteiger partial charge in [0.15, 0.2) is 37.0 Å². The van der Waals surface area contributed by atoms with E-state index >= 15 is 0 Å². The maximum atomic E-state index is 14.4. The zero-order valence-corrected chi connectivity index (χ0v) is 49.4. The van der Waals surface area contributed by atoms with Crippen LogP contribution in [0.15, 0.2) is 206 Å². The SMILES string of the molecule is CCCCCCCCCCc1ccc(CO[C@@H]2O[C@H](CO[C@@H]3O[C@H](C(=O)OC)[C@H](OC(=O)c4ccccc4)[C@H](OC(=O)c4ccccc4)[C@H]3OC(=O)c3ccccc3)[C@@H](OCc3ccccc3)[C@H](OCc3ccccc3)[C@H]2OCc2ccccc2)cc1. The minimum atomic E-state index is -1.81. The van der Waals surface area contributed by atoms with Crippen LogP contribution in [0.5, 0.6) is 0 Å². The van der Waals surface area contributed by atoms with Crippen molar-refractivity contribution in [3.8, 4) is 0 Å². The molecule has 7 aromatic rings. The van der Waals surface area contributed by atoms with Gasteiger partial charge in [-0.2, -0.15) is 0 Å². The molecule has 0 amide bonds. The summed E-state index contributed by atoms with van der Waals surface area (Å²) >= 11 is 0. The number of hydrogen-bond acceptors (Lipinski definition) is 15. The third-order valence-electron chi connectivity index (χ3n) is 15.3. The van der Waals surface area contributed by atoms with Crippen LogP contribution in [-0.4, -0.2) is 99.0 Å². The van der Waals surface area contributed by atoms with Gasteiger partial charge in [0.25, 0.3) is 0 Å². The van der Waals surface area contributed by atoms with Crippen LogP contribution in [0.2, 0.25) is 0 Å². The molecule has 87 heavy (non-hydrogen) atoms. The first-order valence-electron chi connectivity index (χ1n) is 30.2. The number of benzene rings is 7. The first-order valence-corrected chi connectivity index (χ1v) is 30.2. The Labute approximate surface area is 510 Å². The van der Waals surface area contributed by atoms with E-state index in [0.29, 0.717) is 0 Å². The zero-order valence-electron chi connectivity index (χ0n) is 49.4. The summed E-state index contributed by atoms with van der Waals surface area (Å²) in [5, 5.41) is 0. The van der Waals surface area contributed by atoms with Crippen molar-refractivity contribution in [1.82, 2.24) is 0 Å². The number of unbranched alkanes of at least 4 members (excludes halogenated alkanes) is 7. The minimum Gasteiger partial charge on any atom is -0.467 e. The summed E-state index contributed by atoms with van der Waals surface area (Å²) in [4.78, 5) is 56.9. The van der Waals surface area contributed by atoms with Gasteiger partial charge in [-0.15, -0.1) is 0 Å². The lowest BCUT2D eigenvalue weighted by atomic mass is 9.96. The van der Waals surface area contributed by atoms with Gasteiger partial charge in [-0.1, -0.05) is 222 Å². The first kappa shape index (κ1) is 63.6. The maximum absolute atomic E-state index is 14.4. The van der Waals surface area contributed by atoms with E-state index in [1.807, 2.05) is 91.0 Å². The third kappa shape index (κ3) is 18.8. The molecule has 2 fully saturated rings. The molecule has 0 N–H and O–H groups in total. The number of carbonyl (C=O) groups is 4. The third-order valence-corrected chi connectivity index (χ3v) is 15.3.